The highest BCUT2D eigenvalue weighted by Crippen LogP contribution is 2.44. The first-order valence-electron chi connectivity index (χ1n) is 5.14. The van der Waals surface area contributed by atoms with Crippen molar-refractivity contribution in [1.29, 1.82) is 0 Å². The fourth-order valence-corrected chi connectivity index (χ4v) is 3.06. The molecule has 8 heteroatoms. The van der Waals surface area contributed by atoms with Gasteiger partial charge in [-0.1, -0.05) is 12.1 Å². The normalized spacial score (nSPS) is 13.7. The molecule has 0 saturated heterocycles. The van der Waals surface area contributed by atoms with E-state index >= 15 is 0 Å². The van der Waals surface area contributed by atoms with Gasteiger partial charge in [-0.2, -0.15) is 13.2 Å². The van der Waals surface area contributed by atoms with Crippen molar-refractivity contribution in [1.82, 2.24) is 0 Å². The Labute approximate surface area is 109 Å². The summed E-state index contributed by atoms with van der Waals surface area (Å²) < 4.78 is 37.9. The van der Waals surface area contributed by atoms with E-state index in [0.717, 1.165) is 11.3 Å². The molecule has 0 spiro atoms. The van der Waals surface area contributed by atoms with E-state index in [9.17, 15) is 28.4 Å². The number of aliphatic hydroxyl groups excluding tert-OH is 1. The topological polar surface area (TPSA) is 63.4 Å². The molecule has 0 fully saturated rings. The minimum atomic E-state index is -4.80. The molecule has 1 N–H and O–H groups in total. The highest BCUT2D eigenvalue weighted by atomic mass is 32.1. The molecule has 0 bridgehead atoms. The van der Waals surface area contributed by atoms with Crippen LogP contribution in [-0.2, 0) is 0 Å². The van der Waals surface area contributed by atoms with E-state index in [4.69, 9.17) is 0 Å². The zero-order valence-corrected chi connectivity index (χ0v) is 10.4. The maximum atomic E-state index is 12.6. The second-order valence-corrected chi connectivity index (χ2v) is 5.15. The van der Waals surface area contributed by atoms with E-state index in [2.05, 4.69) is 0 Å². The van der Waals surface area contributed by atoms with Crippen molar-refractivity contribution in [3.63, 3.8) is 0 Å². The molecule has 102 valence electrons. The minimum Gasteiger partial charge on any atom is -0.379 e. The summed E-state index contributed by atoms with van der Waals surface area (Å²) in [5.41, 5.74) is -0.567. The van der Waals surface area contributed by atoms with Crippen LogP contribution in [-0.4, -0.2) is 16.2 Å². The Bertz CT molecular complexity index is 650. The fourth-order valence-electron chi connectivity index (χ4n) is 1.89. The fraction of sp³-hybridized carbons (Fsp3) is 0.273. The smallest absolute Gasteiger partial charge is 0.379 e. The van der Waals surface area contributed by atoms with Gasteiger partial charge in [-0.15, -0.1) is 11.3 Å². The van der Waals surface area contributed by atoms with E-state index in [-0.39, 0.29) is 26.2 Å². The van der Waals surface area contributed by atoms with Crippen LogP contribution < -0.4 is 0 Å². The third-order valence-electron chi connectivity index (χ3n) is 2.70. The van der Waals surface area contributed by atoms with Gasteiger partial charge in [0.25, 0.3) is 5.69 Å². The second kappa shape index (κ2) is 4.46. The van der Waals surface area contributed by atoms with Gasteiger partial charge in [0.2, 0.25) is 0 Å². The Morgan fingerprint density at radius 1 is 1.42 bits per heavy atom. The molecule has 1 aromatic carbocycles. The lowest BCUT2D eigenvalue weighted by atomic mass is 10.0. The first kappa shape index (κ1) is 13.8. The summed E-state index contributed by atoms with van der Waals surface area (Å²) in [6.07, 6.45) is -7.44. The molecule has 0 radical (unpaired) electrons. The number of nitro groups is 1. The van der Waals surface area contributed by atoms with Crippen LogP contribution in [0.4, 0.5) is 18.9 Å². The van der Waals surface area contributed by atoms with Crippen molar-refractivity contribution in [2.24, 2.45) is 0 Å². The van der Waals surface area contributed by atoms with Gasteiger partial charge < -0.3 is 5.11 Å². The molecule has 1 heterocycles. The number of rotatable bonds is 2. The van der Waals surface area contributed by atoms with Gasteiger partial charge in [-0.25, -0.2) is 0 Å². The summed E-state index contributed by atoms with van der Waals surface area (Å²) in [6, 6.07) is 3.87. The molecule has 0 amide bonds. The first-order valence-corrected chi connectivity index (χ1v) is 5.96. The van der Waals surface area contributed by atoms with Crippen LogP contribution >= 0.6 is 11.3 Å². The van der Waals surface area contributed by atoms with Crippen molar-refractivity contribution in [2.75, 3.05) is 0 Å². The van der Waals surface area contributed by atoms with E-state index in [1.165, 1.54) is 25.1 Å². The summed E-state index contributed by atoms with van der Waals surface area (Å²) in [5, 5.41) is 20.3. The standard InChI is InChI=1S/C11H8F3NO3S/c1-5-8(10(16)11(12,13)14)6-3-2-4-7(15(17)18)9(6)19-5/h2-4,10,16H,1H3. The minimum absolute atomic E-state index is 0.0709. The number of hydrogen-bond acceptors (Lipinski definition) is 4. The first-order chi connectivity index (χ1) is 8.73. The van der Waals surface area contributed by atoms with Crippen molar-refractivity contribution in [2.45, 2.75) is 19.2 Å². The largest absolute Gasteiger partial charge is 0.418 e. The van der Waals surface area contributed by atoms with E-state index < -0.39 is 17.2 Å². The Hall–Kier alpha value is -1.67. The van der Waals surface area contributed by atoms with E-state index in [1.54, 1.807) is 0 Å². The van der Waals surface area contributed by atoms with Crippen LogP contribution in [0.2, 0.25) is 0 Å². The molecule has 19 heavy (non-hydrogen) atoms. The van der Waals surface area contributed by atoms with Crippen LogP contribution in [0.3, 0.4) is 0 Å². The van der Waals surface area contributed by atoms with Gasteiger partial charge in [0, 0.05) is 21.9 Å². The molecule has 0 aliphatic rings. The lowest BCUT2D eigenvalue weighted by Gasteiger charge is -2.15. The van der Waals surface area contributed by atoms with Gasteiger partial charge in [0.15, 0.2) is 6.10 Å². The maximum absolute atomic E-state index is 12.6. The predicted molar refractivity (Wildman–Crippen MR) is 64.2 cm³/mol. The zero-order chi connectivity index (χ0) is 14.4. The van der Waals surface area contributed by atoms with Gasteiger partial charge in [0.05, 0.1) is 4.92 Å². The number of thiophene rings is 1. The summed E-state index contributed by atoms with van der Waals surface area (Å²) >= 11 is 0.876. The molecular weight excluding hydrogens is 283 g/mol. The highest BCUT2D eigenvalue weighted by molar-refractivity contribution is 7.19. The lowest BCUT2D eigenvalue weighted by molar-refractivity contribution is -0.382. The third-order valence-corrected chi connectivity index (χ3v) is 3.86. The van der Waals surface area contributed by atoms with Gasteiger partial charge in [0.1, 0.15) is 4.70 Å². The molecular formula is C11H8F3NO3S. The highest BCUT2D eigenvalue weighted by Gasteiger charge is 2.42. The van der Waals surface area contributed by atoms with Gasteiger partial charge >= 0.3 is 6.18 Å². The molecule has 1 unspecified atom stereocenters. The number of aryl methyl sites for hydroxylation is 1. The Kier molecular flexibility index (Phi) is 3.23. The van der Waals surface area contributed by atoms with Gasteiger partial charge in [-0.05, 0) is 6.92 Å². The van der Waals surface area contributed by atoms with E-state index in [1.807, 2.05) is 0 Å². The monoisotopic (exact) mass is 291 g/mol. The molecule has 0 aliphatic heterocycles. The van der Waals surface area contributed by atoms with Gasteiger partial charge in [-0.3, -0.25) is 10.1 Å². The number of aliphatic hydroxyl groups is 1. The SMILES string of the molecule is Cc1sc2c([N+](=O)[O-])cccc2c1C(O)C(F)(F)F. The number of nitro benzene ring substituents is 1. The Morgan fingerprint density at radius 3 is 2.58 bits per heavy atom. The zero-order valence-electron chi connectivity index (χ0n) is 9.56. The summed E-state index contributed by atoms with van der Waals surface area (Å²) in [5.74, 6) is 0. The Morgan fingerprint density at radius 2 is 2.05 bits per heavy atom. The number of nitrogens with zero attached hydrogens (tertiary/aromatic N) is 1. The van der Waals surface area contributed by atoms with Crippen molar-refractivity contribution >= 4 is 27.1 Å². The van der Waals surface area contributed by atoms with Crippen LogP contribution in [0.5, 0.6) is 0 Å². The van der Waals surface area contributed by atoms with Crippen LogP contribution in [0.15, 0.2) is 18.2 Å². The average molecular weight is 291 g/mol. The van der Waals surface area contributed by atoms with Crippen molar-refractivity contribution in [3.8, 4) is 0 Å². The maximum Gasteiger partial charge on any atom is 0.418 e. The number of halogens is 3. The quantitative estimate of drug-likeness (QED) is 0.677. The molecule has 2 aromatic rings. The van der Waals surface area contributed by atoms with Crippen LogP contribution in [0.25, 0.3) is 10.1 Å². The molecule has 0 saturated carbocycles. The summed E-state index contributed by atoms with van der Waals surface area (Å²) in [4.78, 5) is 10.4. The number of non-ortho nitro benzene ring substituents is 1. The average Bonchev–Trinajstić information content (AvgIpc) is 2.61. The predicted octanol–water partition coefficient (Wildman–Crippen LogP) is 3.71. The number of benzene rings is 1. The second-order valence-electron chi connectivity index (χ2n) is 3.93. The number of fused-ring (bicyclic) bond motifs is 1. The van der Waals surface area contributed by atoms with Crippen LogP contribution in [0.1, 0.15) is 16.5 Å². The number of alkyl halides is 3. The van der Waals surface area contributed by atoms with E-state index in [0.29, 0.717) is 0 Å². The summed E-state index contributed by atoms with van der Waals surface area (Å²) in [7, 11) is 0. The Balaban J connectivity index is 2.74. The van der Waals surface area contributed by atoms with Crippen molar-refractivity contribution in [3.05, 3.63) is 38.8 Å². The molecule has 2 rings (SSSR count). The molecule has 1 atom stereocenters. The molecule has 1 aromatic heterocycles. The molecule has 0 aliphatic carbocycles. The summed E-state index contributed by atoms with van der Waals surface area (Å²) in [6.45, 7) is 1.40. The third kappa shape index (κ3) is 2.28. The van der Waals surface area contributed by atoms with Crippen LogP contribution in [0, 0.1) is 17.0 Å². The lowest BCUT2D eigenvalue weighted by Crippen LogP contribution is -2.20. The van der Waals surface area contributed by atoms with Crippen molar-refractivity contribution < 1.29 is 23.2 Å². The number of hydrogen-bond donors (Lipinski definition) is 1. The molecule has 4 nitrogen and oxygen atoms in total.